The number of rotatable bonds is 5. The first-order chi connectivity index (χ1) is 8.79. The highest BCUT2D eigenvalue weighted by molar-refractivity contribution is 8.00. The van der Waals surface area contributed by atoms with Crippen molar-refractivity contribution >= 4 is 17.4 Å². The van der Waals surface area contributed by atoms with Crippen molar-refractivity contribution in [3.05, 3.63) is 24.3 Å². The van der Waals surface area contributed by atoms with E-state index in [9.17, 15) is 0 Å². The Hall–Kier alpha value is -0.830. The molecule has 0 spiro atoms. The highest BCUT2D eigenvalue weighted by atomic mass is 32.2. The first-order valence-corrected chi connectivity index (χ1v) is 7.95. The maximum Gasteiger partial charge on any atom is 0.119 e. The van der Waals surface area contributed by atoms with E-state index in [1.165, 1.54) is 24.3 Å². The molecule has 0 radical (unpaired) electrons. The molecule has 2 nitrogen and oxygen atoms in total. The number of benzene rings is 1. The first kappa shape index (κ1) is 13.6. The number of hydrogen-bond acceptors (Lipinski definition) is 3. The van der Waals surface area contributed by atoms with E-state index in [0.29, 0.717) is 11.3 Å². The largest absolute Gasteiger partial charge is 0.494 e. The molecule has 3 heteroatoms. The predicted molar refractivity (Wildman–Crippen MR) is 80.8 cm³/mol. The molecule has 1 aromatic rings. The second kappa shape index (κ2) is 6.93. The molecule has 1 N–H and O–H groups in total. The standard InChI is InChI=1S/C15H23NOS/c1-3-10-17-14-8-6-13(7-9-14)16-15-5-4-11-18-12(15)2/h6-9,12,15-16H,3-5,10-11H2,1-2H3. The molecule has 1 fully saturated rings. The summed E-state index contributed by atoms with van der Waals surface area (Å²) in [6, 6.07) is 8.96. The van der Waals surface area contributed by atoms with Crippen LogP contribution in [0.2, 0.25) is 0 Å². The minimum Gasteiger partial charge on any atom is -0.494 e. The number of thioether (sulfide) groups is 1. The Balaban J connectivity index is 1.89. The molecule has 1 aliphatic rings. The monoisotopic (exact) mass is 265 g/mol. The minimum absolute atomic E-state index is 0.603. The summed E-state index contributed by atoms with van der Waals surface area (Å²) in [5.74, 6) is 2.27. The molecule has 1 aromatic carbocycles. The van der Waals surface area contributed by atoms with Gasteiger partial charge in [-0.2, -0.15) is 11.8 Å². The second-order valence-corrected chi connectivity index (χ2v) is 6.33. The molecule has 0 amide bonds. The average molecular weight is 265 g/mol. The van der Waals surface area contributed by atoms with E-state index in [0.717, 1.165) is 18.8 Å². The Bertz CT molecular complexity index is 352. The molecule has 1 saturated heterocycles. The van der Waals surface area contributed by atoms with Gasteiger partial charge in [-0.05, 0) is 49.3 Å². The van der Waals surface area contributed by atoms with Gasteiger partial charge in [-0.1, -0.05) is 13.8 Å². The Kier molecular flexibility index (Phi) is 5.24. The Morgan fingerprint density at radius 1 is 1.33 bits per heavy atom. The van der Waals surface area contributed by atoms with Gasteiger partial charge >= 0.3 is 0 Å². The molecule has 2 rings (SSSR count). The third-order valence-electron chi connectivity index (χ3n) is 3.29. The van der Waals surface area contributed by atoms with E-state index >= 15 is 0 Å². The predicted octanol–water partition coefficient (Wildman–Crippen LogP) is 4.17. The summed E-state index contributed by atoms with van der Waals surface area (Å²) in [6.45, 7) is 5.24. The van der Waals surface area contributed by atoms with Gasteiger partial charge in [-0.15, -0.1) is 0 Å². The zero-order chi connectivity index (χ0) is 12.8. The average Bonchev–Trinajstić information content (AvgIpc) is 2.41. The molecule has 1 heterocycles. The van der Waals surface area contributed by atoms with Crippen LogP contribution in [-0.4, -0.2) is 23.7 Å². The number of hydrogen-bond donors (Lipinski definition) is 1. The quantitative estimate of drug-likeness (QED) is 0.863. The van der Waals surface area contributed by atoms with E-state index in [2.05, 4.69) is 55.2 Å². The van der Waals surface area contributed by atoms with Gasteiger partial charge in [0.2, 0.25) is 0 Å². The van der Waals surface area contributed by atoms with Crippen molar-refractivity contribution in [3.8, 4) is 5.75 Å². The van der Waals surface area contributed by atoms with Gasteiger partial charge in [0.15, 0.2) is 0 Å². The molecule has 0 aliphatic carbocycles. The first-order valence-electron chi connectivity index (χ1n) is 6.90. The summed E-state index contributed by atoms with van der Waals surface area (Å²) in [5, 5.41) is 4.34. The normalized spacial score (nSPS) is 23.7. The molecular formula is C15H23NOS. The number of anilines is 1. The van der Waals surface area contributed by atoms with Gasteiger partial charge in [-0.3, -0.25) is 0 Å². The summed E-state index contributed by atoms with van der Waals surface area (Å²) < 4.78 is 5.59. The maximum atomic E-state index is 5.59. The molecule has 0 saturated carbocycles. The van der Waals surface area contributed by atoms with E-state index < -0.39 is 0 Å². The molecule has 100 valence electrons. The lowest BCUT2D eigenvalue weighted by Gasteiger charge is -2.30. The zero-order valence-corrected chi connectivity index (χ0v) is 12.1. The molecule has 2 atom stereocenters. The van der Waals surface area contributed by atoms with Crippen molar-refractivity contribution < 1.29 is 4.74 Å². The van der Waals surface area contributed by atoms with Crippen LogP contribution in [0, 0.1) is 0 Å². The molecule has 2 unspecified atom stereocenters. The lowest BCUT2D eigenvalue weighted by atomic mass is 10.1. The fourth-order valence-electron chi connectivity index (χ4n) is 2.19. The Labute approximate surface area is 114 Å². The van der Waals surface area contributed by atoms with Crippen LogP contribution in [0.3, 0.4) is 0 Å². The minimum atomic E-state index is 0.603. The van der Waals surface area contributed by atoms with E-state index in [1.807, 2.05) is 0 Å². The van der Waals surface area contributed by atoms with Gasteiger partial charge < -0.3 is 10.1 Å². The van der Waals surface area contributed by atoms with Gasteiger partial charge in [0, 0.05) is 17.0 Å². The molecule has 18 heavy (non-hydrogen) atoms. The third-order valence-corrected chi connectivity index (χ3v) is 4.66. The fraction of sp³-hybridized carbons (Fsp3) is 0.600. The maximum absolute atomic E-state index is 5.59. The lowest BCUT2D eigenvalue weighted by molar-refractivity contribution is 0.317. The SMILES string of the molecule is CCCOc1ccc(NC2CCCSC2C)cc1. The Morgan fingerprint density at radius 3 is 2.78 bits per heavy atom. The summed E-state index contributed by atoms with van der Waals surface area (Å²) in [5.41, 5.74) is 1.21. The van der Waals surface area contributed by atoms with E-state index in [-0.39, 0.29) is 0 Å². The highest BCUT2D eigenvalue weighted by Crippen LogP contribution is 2.28. The fourth-order valence-corrected chi connectivity index (χ4v) is 3.34. The van der Waals surface area contributed by atoms with E-state index in [1.54, 1.807) is 0 Å². The van der Waals surface area contributed by atoms with Gasteiger partial charge in [0.25, 0.3) is 0 Å². The Morgan fingerprint density at radius 2 is 2.11 bits per heavy atom. The summed E-state index contributed by atoms with van der Waals surface area (Å²) in [6.07, 6.45) is 3.66. The van der Waals surface area contributed by atoms with Crippen molar-refractivity contribution in [1.29, 1.82) is 0 Å². The number of ether oxygens (including phenoxy) is 1. The van der Waals surface area contributed by atoms with Gasteiger partial charge in [0.1, 0.15) is 5.75 Å². The van der Waals surface area contributed by atoms with Crippen LogP contribution in [0.25, 0.3) is 0 Å². The van der Waals surface area contributed by atoms with Crippen molar-refractivity contribution in [2.45, 2.75) is 44.4 Å². The van der Waals surface area contributed by atoms with Crippen molar-refractivity contribution in [2.75, 3.05) is 17.7 Å². The topological polar surface area (TPSA) is 21.3 Å². The molecular weight excluding hydrogens is 242 g/mol. The summed E-state index contributed by atoms with van der Waals surface area (Å²) >= 11 is 2.07. The van der Waals surface area contributed by atoms with Crippen molar-refractivity contribution in [1.82, 2.24) is 0 Å². The third kappa shape index (κ3) is 3.84. The molecule has 0 bridgehead atoms. The zero-order valence-electron chi connectivity index (χ0n) is 11.3. The number of nitrogens with one attached hydrogen (secondary N) is 1. The van der Waals surface area contributed by atoms with Crippen LogP contribution in [0.15, 0.2) is 24.3 Å². The van der Waals surface area contributed by atoms with Crippen LogP contribution >= 0.6 is 11.8 Å². The smallest absolute Gasteiger partial charge is 0.119 e. The van der Waals surface area contributed by atoms with Crippen LogP contribution in [0.5, 0.6) is 5.75 Å². The summed E-state index contributed by atoms with van der Waals surface area (Å²) in [4.78, 5) is 0. The van der Waals surface area contributed by atoms with Crippen molar-refractivity contribution in [3.63, 3.8) is 0 Å². The van der Waals surface area contributed by atoms with E-state index in [4.69, 9.17) is 4.74 Å². The second-order valence-electron chi connectivity index (χ2n) is 4.84. The summed E-state index contributed by atoms with van der Waals surface area (Å²) in [7, 11) is 0. The van der Waals surface area contributed by atoms with Gasteiger partial charge in [-0.25, -0.2) is 0 Å². The van der Waals surface area contributed by atoms with Crippen LogP contribution in [0.1, 0.15) is 33.1 Å². The molecule has 0 aromatic heterocycles. The van der Waals surface area contributed by atoms with Crippen LogP contribution in [-0.2, 0) is 0 Å². The lowest BCUT2D eigenvalue weighted by Crippen LogP contribution is -2.32. The van der Waals surface area contributed by atoms with Crippen LogP contribution in [0.4, 0.5) is 5.69 Å². The van der Waals surface area contributed by atoms with Crippen LogP contribution < -0.4 is 10.1 Å². The highest BCUT2D eigenvalue weighted by Gasteiger charge is 2.21. The molecule has 1 aliphatic heterocycles. The van der Waals surface area contributed by atoms with Crippen molar-refractivity contribution in [2.24, 2.45) is 0 Å². The van der Waals surface area contributed by atoms with Gasteiger partial charge in [0.05, 0.1) is 6.61 Å².